The molecule has 5 heteroatoms. The lowest BCUT2D eigenvalue weighted by Crippen LogP contribution is -2.30. The van der Waals surface area contributed by atoms with Gasteiger partial charge in [-0.15, -0.1) is 0 Å². The molecule has 0 amide bonds. The lowest BCUT2D eigenvalue weighted by Gasteiger charge is -2.24. The van der Waals surface area contributed by atoms with Crippen molar-refractivity contribution >= 4 is 0 Å². The van der Waals surface area contributed by atoms with Crippen LogP contribution < -0.4 is 5.32 Å². The van der Waals surface area contributed by atoms with Crippen molar-refractivity contribution in [1.29, 1.82) is 0 Å². The minimum absolute atomic E-state index is 0.446. The first-order chi connectivity index (χ1) is 9.22. The standard InChI is InChI=1S/C14H28N4O/c1-5-17(6-2)11-13(3)18-12-16-10-14(18)9-15-7-8-19-4/h10,12-13,15H,5-9,11H2,1-4H3. The Hall–Kier alpha value is -0.910. The average Bonchev–Trinajstić information content (AvgIpc) is 2.89. The van der Waals surface area contributed by atoms with Crippen molar-refractivity contribution in [3.8, 4) is 0 Å². The minimum atomic E-state index is 0.446. The second kappa shape index (κ2) is 9.07. The Morgan fingerprint density at radius 3 is 2.79 bits per heavy atom. The van der Waals surface area contributed by atoms with Crippen LogP contribution >= 0.6 is 0 Å². The van der Waals surface area contributed by atoms with Gasteiger partial charge in [0.1, 0.15) is 0 Å². The van der Waals surface area contributed by atoms with Crippen molar-refractivity contribution in [2.45, 2.75) is 33.4 Å². The Labute approximate surface area is 117 Å². The summed E-state index contributed by atoms with van der Waals surface area (Å²) < 4.78 is 7.29. The largest absolute Gasteiger partial charge is 0.383 e. The Balaban J connectivity index is 2.50. The molecule has 1 atom stereocenters. The van der Waals surface area contributed by atoms with Gasteiger partial charge >= 0.3 is 0 Å². The van der Waals surface area contributed by atoms with Crippen molar-refractivity contribution in [2.75, 3.05) is 39.9 Å². The number of rotatable bonds is 10. The molecule has 0 fully saturated rings. The van der Waals surface area contributed by atoms with Gasteiger partial charge in [-0.2, -0.15) is 0 Å². The number of imidazole rings is 1. The van der Waals surface area contributed by atoms with Gasteiger partial charge in [0.15, 0.2) is 0 Å². The molecule has 0 aliphatic rings. The first kappa shape index (κ1) is 16.1. The summed E-state index contributed by atoms with van der Waals surface area (Å²) in [5.74, 6) is 0. The highest BCUT2D eigenvalue weighted by Gasteiger charge is 2.12. The third kappa shape index (κ3) is 5.30. The molecule has 0 aliphatic heterocycles. The zero-order valence-corrected chi connectivity index (χ0v) is 12.7. The van der Waals surface area contributed by atoms with E-state index in [0.717, 1.165) is 39.3 Å². The zero-order valence-electron chi connectivity index (χ0n) is 12.7. The van der Waals surface area contributed by atoms with Crippen molar-refractivity contribution in [2.24, 2.45) is 0 Å². The highest BCUT2D eigenvalue weighted by atomic mass is 16.5. The molecule has 0 saturated carbocycles. The van der Waals surface area contributed by atoms with E-state index in [4.69, 9.17) is 4.74 Å². The molecule has 19 heavy (non-hydrogen) atoms. The molecular weight excluding hydrogens is 240 g/mol. The van der Waals surface area contributed by atoms with Crippen LogP contribution in [-0.2, 0) is 11.3 Å². The molecule has 0 aliphatic carbocycles. The molecule has 0 saturated heterocycles. The summed E-state index contributed by atoms with van der Waals surface area (Å²) in [5, 5.41) is 3.37. The van der Waals surface area contributed by atoms with E-state index < -0.39 is 0 Å². The number of aromatic nitrogens is 2. The summed E-state index contributed by atoms with van der Waals surface area (Å²) in [7, 11) is 1.72. The van der Waals surface area contributed by atoms with Gasteiger partial charge in [-0.05, 0) is 20.0 Å². The number of methoxy groups -OCH3 is 1. The van der Waals surface area contributed by atoms with Crippen LogP contribution in [0.25, 0.3) is 0 Å². The highest BCUT2D eigenvalue weighted by molar-refractivity contribution is 5.00. The number of ether oxygens (including phenoxy) is 1. The average molecular weight is 268 g/mol. The SMILES string of the molecule is CCN(CC)CC(C)n1cncc1CNCCOC. The molecule has 1 rings (SSSR count). The van der Waals surface area contributed by atoms with E-state index in [2.05, 4.69) is 40.5 Å². The van der Waals surface area contributed by atoms with Crippen LogP contribution in [0.2, 0.25) is 0 Å². The first-order valence-electron chi connectivity index (χ1n) is 7.15. The van der Waals surface area contributed by atoms with E-state index in [1.54, 1.807) is 7.11 Å². The molecule has 110 valence electrons. The molecule has 1 aromatic rings. The lowest BCUT2D eigenvalue weighted by molar-refractivity contribution is 0.198. The molecule has 0 bridgehead atoms. The minimum Gasteiger partial charge on any atom is -0.383 e. The topological polar surface area (TPSA) is 42.3 Å². The van der Waals surface area contributed by atoms with Gasteiger partial charge in [-0.3, -0.25) is 0 Å². The molecular formula is C14H28N4O. The molecule has 1 aromatic heterocycles. The maximum absolute atomic E-state index is 5.03. The van der Waals surface area contributed by atoms with Crippen molar-refractivity contribution in [3.05, 3.63) is 18.2 Å². The van der Waals surface area contributed by atoms with Gasteiger partial charge in [0.25, 0.3) is 0 Å². The fourth-order valence-electron chi connectivity index (χ4n) is 2.20. The fraction of sp³-hybridized carbons (Fsp3) is 0.786. The van der Waals surface area contributed by atoms with E-state index in [0.29, 0.717) is 6.04 Å². The molecule has 1 N–H and O–H groups in total. The van der Waals surface area contributed by atoms with Gasteiger partial charge in [0.05, 0.1) is 18.6 Å². The smallest absolute Gasteiger partial charge is 0.0951 e. The Bertz CT molecular complexity index is 336. The number of hydrogen-bond acceptors (Lipinski definition) is 4. The second-order valence-electron chi connectivity index (χ2n) is 4.80. The Morgan fingerprint density at radius 2 is 2.16 bits per heavy atom. The molecule has 0 spiro atoms. The molecule has 0 radical (unpaired) electrons. The number of nitrogens with one attached hydrogen (secondary N) is 1. The van der Waals surface area contributed by atoms with Gasteiger partial charge < -0.3 is 19.5 Å². The van der Waals surface area contributed by atoms with Gasteiger partial charge in [0.2, 0.25) is 0 Å². The summed E-state index contributed by atoms with van der Waals surface area (Å²) >= 11 is 0. The van der Waals surface area contributed by atoms with Gasteiger partial charge in [-0.25, -0.2) is 4.98 Å². The number of hydrogen-bond donors (Lipinski definition) is 1. The Kier molecular flexibility index (Phi) is 7.70. The second-order valence-corrected chi connectivity index (χ2v) is 4.80. The summed E-state index contributed by atoms with van der Waals surface area (Å²) in [6.07, 6.45) is 3.88. The normalized spacial score (nSPS) is 13.1. The van der Waals surface area contributed by atoms with E-state index >= 15 is 0 Å². The van der Waals surface area contributed by atoms with Gasteiger partial charge in [-0.1, -0.05) is 13.8 Å². The van der Waals surface area contributed by atoms with Crippen LogP contribution in [0.3, 0.4) is 0 Å². The van der Waals surface area contributed by atoms with Crippen LogP contribution in [0.15, 0.2) is 12.5 Å². The summed E-state index contributed by atoms with van der Waals surface area (Å²) in [5.41, 5.74) is 1.23. The summed E-state index contributed by atoms with van der Waals surface area (Å²) in [6.45, 7) is 12.4. The summed E-state index contributed by atoms with van der Waals surface area (Å²) in [4.78, 5) is 6.71. The van der Waals surface area contributed by atoms with E-state index in [9.17, 15) is 0 Å². The maximum atomic E-state index is 5.03. The molecule has 1 unspecified atom stereocenters. The molecule has 0 aromatic carbocycles. The van der Waals surface area contributed by atoms with Crippen LogP contribution in [0, 0.1) is 0 Å². The van der Waals surface area contributed by atoms with Gasteiger partial charge in [0, 0.05) is 39.0 Å². The van der Waals surface area contributed by atoms with Crippen LogP contribution in [-0.4, -0.2) is 54.3 Å². The highest BCUT2D eigenvalue weighted by Crippen LogP contribution is 2.11. The monoisotopic (exact) mass is 268 g/mol. The number of likely N-dealkylation sites (N-methyl/N-ethyl adjacent to an activating group) is 1. The lowest BCUT2D eigenvalue weighted by atomic mass is 10.2. The third-order valence-electron chi connectivity index (χ3n) is 3.43. The van der Waals surface area contributed by atoms with E-state index in [1.165, 1.54) is 5.69 Å². The number of nitrogens with zero attached hydrogens (tertiary/aromatic N) is 3. The maximum Gasteiger partial charge on any atom is 0.0951 e. The predicted octanol–water partition coefficient (Wildman–Crippen LogP) is 1.52. The molecule has 1 heterocycles. The van der Waals surface area contributed by atoms with Crippen LogP contribution in [0.1, 0.15) is 32.5 Å². The Morgan fingerprint density at radius 1 is 1.42 bits per heavy atom. The van der Waals surface area contributed by atoms with E-state index in [1.807, 2.05) is 12.5 Å². The van der Waals surface area contributed by atoms with E-state index in [-0.39, 0.29) is 0 Å². The van der Waals surface area contributed by atoms with Crippen molar-refractivity contribution in [3.63, 3.8) is 0 Å². The van der Waals surface area contributed by atoms with Crippen LogP contribution in [0.5, 0.6) is 0 Å². The predicted molar refractivity (Wildman–Crippen MR) is 78.3 cm³/mol. The van der Waals surface area contributed by atoms with Crippen molar-refractivity contribution in [1.82, 2.24) is 19.8 Å². The van der Waals surface area contributed by atoms with Crippen molar-refractivity contribution < 1.29 is 4.74 Å². The quantitative estimate of drug-likeness (QED) is 0.653. The molecule has 5 nitrogen and oxygen atoms in total. The third-order valence-corrected chi connectivity index (χ3v) is 3.43. The fourth-order valence-corrected chi connectivity index (χ4v) is 2.20. The summed E-state index contributed by atoms with van der Waals surface area (Å²) in [6, 6.07) is 0.446. The first-order valence-corrected chi connectivity index (χ1v) is 7.15. The zero-order chi connectivity index (χ0) is 14.1. The van der Waals surface area contributed by atoms with Crippen LogP contribution in [0.4, 0.5) is 0 Å².